The van der Waals surface area contributed by atoms with Gasteiger partial charge in [0.05, 0.1) is 24.5 Å². The minimum absolute atomic E-state index is 0.0610. The summed E-state index contributed by atoms with van der Waals surface area (Å²) in [5, 5.41) is 6.76. The van der Waals surface area contributed by atoms with Crippen LogP contribution < -0.4 is 15.5 Å². The standard InChI is InChI=1S/C27H25ClN8O3/c28-17-3-4-29-21(8-17)19-9-20(19)26(37)34-24-10-23(31-14-32-24)30-11-18-13-35-12-16(15-1-2-15)7-22(25(35)33-18)36-5-6-39-27(36)38/h3-4,7-8,10,12-15,19-20H,1-2,5-6,9,11H2,(H2,30,31,32,34,37)/t19-,20-/m0/s1. The van der Waals surface area contributed by atoms with Gasteiger partial charge < -0.3 is 19.8 Å². The van der Waals surface area contributed by atoms with Gasteiger partial charge in [-0.1, -0.05) is 11.6 Å². The second kappa shape index (κ2) is 9.49. The van der Waals surface area contributed by atoms with Crippen LogP contribution in [0.25, 0.3) is 5.65 Å². The van der Waals surface area contributed by atoms with E-state index in [-0.39, 0.29) is 23.8 Å². The third kappa shape index (κ3) is 4.85. The zero-order chi connectivity index (χ0) is 26.5. The fraction of sp³-hybridized carbons (Fsp3) is 0.333. The molecule has 2 amide bonds. The van der Waals surface area contributed by atoms with E-state index in [0.717, 1.165) is 36.3 Å². The van der Waals surface area contributed by atoms with Gasteiger partial charge in [-0.2, -0.15) is 0 Å². The van der Waals surface area contributed by atoms with E-state index in [1.807, 2.05) is 10.6 Å². The van der Waals surface area contributed by atoms with E-state index in [1.165, 1.54) is 11.9 Å². The molecule has 2 saturated carbocycles. The fourth-order valence-corrected chi connectivity index (χ4v) is 5.21. The Bertz CT molecular complexity index is 1600. The number of nitrogens with one attached hydrogen (secondary N) is 2. The Labute approximate surface area is 228 Å². The second-order valence-corrected chi connectivity index (χ2v) is 10.6. The van der Waals surface area contributed by atoms with E-state index < -0.39 is 0 Å². The number of aromatic nitrogens is 5. The van der Waals surface area contributed by atoms with Gasteiger partial charge in [-0.25, -0.2) is 19.7 Å². The molecule has 198 valence electrons. The summed E-state index contributed by atoms with van der Waals surface area (Å²) in [5.74, 6) is 1.29. The van der Waals surface area contributed by atoms with Gasteiger partial charge in [-0.05, 0) is 48.9 Å². The van der Waals surface area contributed by atoms with Crippen LogP contribution in [-0.2, 0) is 16.1 Å². The van der Waals surface area contributed by atoms with Crippen molar-refractivity contribution in [1.82, 2.24) is 24.3 Å². The van der Waals surface area contributed by atoms with Crippen LogP contribution >= 0.6 is 11.6 Å². The minimum atomic E-state index is -0.343. The van der Waals surface area contributed by atoms with Gasteiger partial charge in [0, 0.05) is 47.2 Å². The van der Waals surface area contributed by atoms with E-state index in [9.17, 15) is 9.59 Å². The van der Waals surface area contributed by atoms with Gasteiger partial charge in [0.1, 0.15) is 24.6 Å². The molecule has 4 aromatic rings. The Balaban J connectivity index is 1.04. The number of hydrogen-bond donors (Lipinski definition) is 2. The van der Waals surface area contributed by atoms with Gasteiger partial charge in [0.15, 0.2) is 5.65 Å². The van der Waals surface area contributed by atoms with Crippen LogP contribution in [0.3, 0.4) is 0 Å². The Kier molecular flexibility index (Phi) is 5.80. The number of pyridine rings is 2. The Hall–Kier alpha value is -4.25. The summed E-state index contributed by atoms with van der Waals surface area (Å²) in [5.41, 5.74) is 4.30. The van der Waals surface area contributed by atoms with Crippen LogP contribution in [0, 0.1) is 5.92 Å². The molecule has 0 spiro atoms. The van der Waals surface area contributed by atoms with E-state index in [4.69, 9.17) is 21.3 Å². The van der Waals surface area contributed by atoms with Crippen molar-refractivity contribution < 1.29 is 14.3 Å². The number of imidazole rings is 1. The Morgan fingerprint density at radius 2 is 2.00 bits per heavy atom. The third-order valence-electron chi connectivity index (χ3n) is 7.32. The summed E-state index contributed by atoms with van der Waals surface area (Å²) in [6, 6.07) is 7.28. The number of carbonyl (C=O) groups is 2. The lowest BCUT2D eigenvalue weighted by Crippen LogP contribution is -2.24. The maximum Gasteiger partial charge on any atom is 0.414 e. The number of nitrogens with zero attached hydrogens (tertiary/aromatic N) is 6. The van der Waals surface area contributed by atoms with Crippen LogP contribution in [-0.4, -0.2) is 49.5 Å². The zero-order valence-electron chi connectivity index (χ0n) is 20.9. The topological polar surface area (TPSA) is 127 Å². The lowest BCUT2D eigenvalue weighted by Gasteiger charge is -2.15. The van der Waals surface area contributed by atoms with Crippen molar-refractivity contribution >= 4 is 46.6 Å². The van der Waals surface area contributed by atoms with Crippen LogP contribution in [0.2, 0.25) is 5.02 Å². The Morgan fingerprint density at radius 1 is 1.13 bits per heavy atom. The quantitative estimate of drug-likeness (QED) is 0.335. The molecule has 1 aliphatic heterocycles. The molecule has 11 nitrogen and oxygen atoms in total. The predicted octanol–water partition coefficient (Wildman–Crippen LogP) is 4.36. The highest BCUT2D eigenvalue weighted by Gasteiger charge is 2.45. The molecule has 3 fully saturated rings. The summed E-state index contributed by atoms with van der Waals surface area (Å²) >= 11 is 6.06. The lowest BCUT2D eigenvalue weighted by molar-refractivity contribution is -0.117. The number of carbonyl (C=O) groups excluding carboxylic acids is 2. The van der Waals surface area contributed by atoms with Crippen molar-refractivity contribution in [2.45, 2.75) is 37.6 Å². The highest BCUT2D eigenvalue weighted by Crippen LogP contribution is 2.47. The number of ether oxygens (including phenoxy) is 1. The molecule has 4 aromatic heterocycles. The summed E-state index contributed by atoms with van der Waals surface area (Å²) in [4.78, 5) is 44.3. The van der Waals surface area contributed by atoms with Crippen molar-refractivity contribution in [2.24, 2.45) is 5.92 Å². The monoisotopic (exact) mass is 544 g/mol. The van der Waals surface area contributed by atoms with Crippen LogP contribution in [0.5, 0.6) is 0 Å². The SMILES string of the molecule is O=C(Nc1cc(NCc2cn3cc(C4CC4)cc(N4CCOC4=O)c3n2)ncn1)[C@H]1C[C@@H]1c1cc(Cl)ccn1. The first-order valence-electron chi connectivity index (χ1n) is 13.0. The fourth-order valence-electron chi connectivity index (χ4n) is 5.05. The average Bonchev–Trinajstić information content (AvgIpc) is 3.85. The molecule has 2 aliphatic carbocycles. The van der Waals surface area contributed by atoms with Crippen molar-refractivity contribution in [3.8, 4) is 0 Å². The van der Waals surface area contributed by atoms with Crippen LogP contribution in [0.1, 0.15) is 48.0 Å². The summed E-state index contributed by atoms with van der Waals surface area (Å²) in [6.07, 6.45) is 9.81. The number of halogens is 1. The normalized spacial score (nSPS) is 20.2. The van der Waals surface area contributed by atoms with Gasteiger partial charge in [0.2, 0.25) is 5.91 Å². The number of amides is 2. The molecule has 2 N–H and O–H groups in total. The maximum absolute atomic E-state index is 12.8. The molecule has 39 heavy (non-hydrogen) atoms. The lowest BCUT2D eigenvalue weighted by atomic mass is 10.1. The molecule has 0 bridgehead atoms. The number of fused-ring (bicyclic) bond motifs is 1. The summed E-state index contributed by atoms with van der Waals surface area (Å²) < 4.78 is 7.16. The van der Waals surface area contributed by atoms with Crippen molar-refractivity contribution in [1.29, 1.82) is 0 Å². The number of hydrogen-bond acceptors (Lipinski definition) is 8. The third-order valence-corrected chi connectivity index (χ3v) is 7.56. The molecule has 0 unspecified atom stereocenters. The molecule has 7 rings (SSSR count). The van der Waals surface area contributed by atoms with Crippen molar-refractivity contribution in [2.75, 3.05) is 28.7 Å². The molecule has 12 heteroatoms. The first kappa shape index (κ1) is 23.8. The number of anilines is 3. The second-order valence-electron chi connectivity index (χ2n) is 10.1. The van der Waals surface area contributed by atoms with Gasteiger partial charge in [-0.15, -0.1) is 0 Å². The van der Waals surface area contributed by atoms with E-state index in [0.29, 0.717) is 47.9 Å². The maximum atomic E-state index is 12.8. The summed E-state index contributed by atoms with van der Waals surface area (Å²) in [6.45, 7) is 1.29. The molecule has 0 radical (unpaired) electrons. The minimum Gasteiger partial charge on any atom is -0.447 e. The molecule has 0 aromatic carbocycles. The van der Waals surface area contributed by atoms with Gasteiger partial charge >= 0.3 is 6.09 Å². The van der Waals surface area contributed by atoms with Gasteiger partial charge in [-0.3, -0.25) is 14.7 Å². The van der Waals surface area contributed by atoms with Crippen LogP contribution in [0.15, 0.2) is 49.2 Å². The van der Waals surface area contributed by atoms with Crippen molar-refractivity contribution in [3.63, 3.8) is 0 Å². The summed E-state index contributed by atoms with van der Waals surface area (Å²) in [7, 11) is 0. The number of cyclic esters (lactones) is 1. The molecular formula is C27H25ClN8O3. The largest absolute Gasteiger partial charge is 0.447 e. The molecule has 1 saturated heterocycles. The average molecular weight is 545 g/mol. The zero-order valence-corrected chi connectivity index (χ0v) is 21.6. The number of rotatable bonds is 8. The van der Waals surface area contributed by atoms with Crippen LogP contribution in [0.4, 0.5) is 22.1 Å². The first-order valence-corrected chi connectivity index (χ1v) is 13.3. The molecular weight excluding hydrogens is 520 g/mol. The highest BCUT2D eigenvalue weighted by molar-refractivity contribution is 6.30. The van der Waals surface area contributed by atoms with E-state index in [1.54, 1.807) is 29.3 Å². The smallest absolute Gasteiger partial charge is 0.414 e. The predicted molar refractivity (Wildman–Crippen MR) is 144 cm³/mol. The first-order chi connectivity index (χ1) is 19.0. The molecule has 3 aliphatic rings. The molecule has 5 heterocycles. The molecule has 2 atom stereocenters. The van der Waals surface area contributed by atoms with Crippen molar-refractivity contribution in [3.05, 3.63) is 71.2 Å². The van der Waals surface area contributed by atoms with E-state index in [2.05, 4.69) is 37.8 Å². The highest BCUT2D eigenvalue weighted by atomic mass is 35.5. The van der Waals surface area contributed by atoms with E-state index >= 15 is 0 Å². The van der Waals surface area contributed by atoms with Gasteiger partial charge in [0.25, 0.3) is 0 Å². The Morgan fingerprint density at radius 3 is 2.79 bits per heavy atom.